The van der Waals surface area contributed by atoms with Crippen LogP contribution in [0.1, 0.15) is 36.5 Å². The van der Waals surface area contributed by atoms with Gasteiger partial charge in [-0.05, 0) is 36.6 Å². The minimum atomic E-state index is 0.142. The molecule has 1 amide bonds. The number of nitrogens with zero attached hydrogens (tertiary/aromatic N) is 5. The van der Waals surface area contributed by atoms with Crippen molar-refractivity contribution >= 4 is 28.9 Å². The molecule has 0 bridgehead atoms. The summed E-state index contributed by atoms with van der Waals surface area (Å²) in [6, 6.07) is 4.03. The summed E-state index contributed by atoms with van der Waals surface area (Å²) >= 11 is 1.57. The molecule has 6 nitrogen and oxygen atoms in total. The molecule has 4 rings (SSSR count). The van der Waals surface area contributed by atoms with E-state index in [1.807, 2.05) is 21.7 Å². The highest BCUT2D eigenvalue weighted by molar-refractivity contribution is 7.08. The van der Waals surface area contributed by atoms with Crippen LogP contribution in [0.3, 0.4) is 0 Å². The Bertz CT molecular complexity index is 765. The third-order valence-electron chi connectivity index (χ3n) is 5.49. The average Bonchev–Trinajstić information content (AvgIpc) is 3.12. The van der Waals surface area contributed by atoms with Crippen molar-refractivity contribution in [2.45, 2.75) is 26.2 Å². The lowest BCUT2D eigenvalue weighted by atomic mass is 10.0. The SMILES string of the molecule is CC1CCCN(c2cc(N3CCCN(C(=O)c4ccsc4)CC3)ncn2)C1. The van der Waals surface area contributed by atoms with Gasteiger partial charge in [0.05, 0.1) is 5.56 Å². The van der Waals surface area contributed by atoms with E-state index in [4.69, 9.17) is 0 Å². The molecule has 2 fully saturated rings. The molecular formula is C20H27N5OS. The predicted molar refractivity (Wildman–Crippen MR) is 110 cm³/mol. The first-order valence-electron chi connectivity index (χ1n) is 9.84. The number of carbonyl (C=O) groups is 1. The monoisotopic (exact) mass is 385 g/mol. The maximum Gasteiger partial charge on any atom is 0.254 e. The van der Waals surface area contributed by atoms with Crippen molar-refractivity contribution in [3.05, 3.63) is 34.8 Å². The fourth-order valence-corrected chi connectivity index (χ4v) is 4.63. The zero-order valence-electron chi connectivity index (χ0n) is 15.9. The Hall–Kier alpha value is -2.15. The Morgan fingerprint density at radius 2 is 1.89 bits per heavy atom. The number of hydrogen-bond donors (Lipinski definition) is 0. The Balaban J connectivity index is 1.43. The van der Waals surface area contributed by atoms with Crippen LogP contribution in [0.4, 0.5) is 11.6 Å². The van der Waals surface area contributed by atoms with Gasteiger partial charge in [0.25, 0.3) is 5.91 Å². The molecule has 1 unspecified atom stereocenters. The summed E-state index contributed by atoms with van der Waals surface area (Å²) < 4.78 is 0. The van der Waals surface area contributed by atoms with Crippen molar-refractivity contribution in [1.29, 1.82) is 0 Å². The van der Waals surface area contributed by atoms with Crippen molar-refractivity contribution < 1.29 is 4.79 Å². The standard InChI is InChI=1S/C20H27N5OS/c1-16-4-2-6-25(13-16)19-12-18(21-15-22-19)23-7-3-8-24(10-9-23)20(26)17-5-11-27-14-17/h5,11-12,14-16H,2-4,6-10,13H2,1H3. The topological polar surface area (TPSA) is 52.6 Å². The molecule has 0 aliphatic carbocycles. The zero-order valence-corrected chi connectivity index (χ0v) is 16.7. The average molecular weight is 386 g/mol. The van der Waals surface area contributed by atoms with Gasteiger partial charge in [0.15, 0.2) is 0 Å². The Kier molecular flexibility index (Phi) is 5.57. The number of piperidine rings is 1. The van der Waals surface area contributed by atoms with Crippen LogP contribution in [0.5, 0.6) is 0 Å². The lowest BCUT2D eigenvalue weighted by molar-refractivity contribution is 0.0767. The number of anilines is 2. The summed E-state index contributed by atoms with van der Waals surface area (Å²) in [7, 11) is 0. The Labute approximate surface area is 164 Å². The highest BCUT2D eigenvalue weighted by atomic mass is 32.1. The van der Waals surface area contributed by atoms with Crippen LogP contribution in [0.15, 0.2) is 29.2 Å². The van der Waals surface area contributed by atoms with Crippen LogP contribution in [-0.2, 0) is 0 Å². The Morgan fingerprint density at radius 3 is 2.67 bits per heavy atom. The second-order valence-electron chi connectivity index (χ2n) is 7.57. The molecule has 0 aromatic carbocycles. The second kappa shape index (κ2) is 8.25. The van der Waals surface area contributed by atoms with Gasteiger partial charge in [-0.1, -0.05) is 6.92 Å². The minimum Gasteiger partial charge on any atom is -0.356 e. The smallest absolute Gasteiger partial charge is 0.254 e. The maximum absolute atomic E-state index is 12.6. The molecule has 0 spiro atoms. The molecule has 2 aliphatic heterocycles. The van der Waals surface area contributed by atoms with E-state index in [-0.39, 0.29) is 5.91 Å². The third-order valence-corrected chi connectivity index (χ3v) is 6.18. The largest absolute Gasteiger partial charge is 0.356 e. The van der Waals surface area contributed by atoms with E-state index >= 15 is 0 Å². The van der Waals surface area contributed by atoms with Gasteiger partial charge in [-0.25, -0.2) is 9.97 Å². The van der Waals surface area contributed by atoms with Gasteiger partial charge in [-0.15, -0.1) is 0 Å². The van der Waals surface area contributed by atoms with Gasteiger partial charge in [0, 0.05) is 50.7 Å². The quantitative estimate of drug-likeness (QED) is 0.813. The molecular weight excluding hydrogens is 358 g/mol. The molecule has 2 aromatic rings. The lowest BCUT2D eigenvalue weighted by Crippen LogP contribution is -2.36. The van der Waals surface area contributed by atoms with Gasteiger partial charge < -0.3 is 14.7 Å². The second-order valence-corrected chi connectivity index (χ2v) is 8.35. The molecule has 0 radical (unpaired) electrons. The van der Waals surface area contributed by atoms with Crippen molar-refractivity contribution in [1.82, 2.24) is 14.9 Å². The van der Waals surface area contributed by atoms with E-state index in [0.717, 1.165) is 62.9 Å². The van der Waals surface area contributed by atoms with Crippen LogP contribution < -0.4 is 9.80 Å². The fourth-order valence-electron chi connectivity index (χ4n) is 4.00. The summed E-state index contributed by atoms with van der Waals surface area (Å²) in [6.45, 7) is 7.70. The number of carbonyl (C=O) groups excluding carboxylic acids is 1. The summed E-state index contributed by atoms with van der Waals surface area (Å²) in [5.74, 6) is 2.86. The first-order chi connectivity index (χ1) is 13.2. The van der Waals surface area contributed by atoms with E-state index in [2.05, 4.69) is 32.8 Å². The number of thiophene rings is 1. The fraction of sp³-hybridized carbons (Fsp3) is 0.550. The Morgan fingerprint density at radius 1 is 1.07 bits per heavy atom. The van der Waals surface area contributed by atoms with E-state index in [9.17, 15) is 4.79 Å². The highest BCUT2D eigenvalue weighted by Gasteiger charge is 2.23. The third kappa shape index (κ3) is 4.24. The summed E-state index contributed by atoms with van der Waals surface area (Å²) in [4.78, 5) is 28.3. The minimum absolute atomic E-state index is 0.142. The molecule has 2 aliphatic rings. The number of aromatic nitrogens is 2. The molecule has 144 valence electrons. The van der Waals surface area contributed by atoms with E-state index in [1.165, 1.54) is 12.8 Å². The summed E-state index contributed by atoms with van der Waals surface area (Å²) in [5.41, 5.74) is 0.803. The van der Waals surface area contributed by atoms with Crippen LogP contribution >= 0.6 is 11.3 Å². The molecule has 2 aromatic heterocycles. The van der Waals surface area contributed by atoms with Crippen molar-refractivity contribution in [2.75, 3.05) is 49.1 Å². The summed E-state index contributed by atoms with van der Waals surface area (Å²) in [6.07, 6.45) is 5.16. The van der Waals surface area contributed by atoms with Crippen LogP contribution in [0.2, 0.25) is 0 Å². The zero-order chi connectivity index (χ0) is 18.6. The molecule has 0 saturated carbocycles. The first kappa shape index (κ1) is 18.2. The van der Waals surface area contributed by atoms with Crippen molar-refractivity contribution in [2.24, 2.45) is 5.92 Å². The normalized spacial score (nSPS) is 21.2. The molecule has 7 heteroatoms. The van der Waals surface area contributed by atoms with E-state index < -0.39 is 0 Å². The van der Waals surface area contributed by atoms with Crippen molar-refractivity contribution in [3.8, 4) is 0 Å². The highest BCUT2D eigenvalue weighted by Crippen LogP contribution is 2.24. The van der Waals surface area contributed by atoms with Gasteiger partial charge in [-0.2, -0.15) is 11.3 Å². The lowest BCUT2D eigenvalue weighted by Gasteiger charge is -2.32. The van der Waals surface area contributed by atoms with Gasteiger partial charge in [-0.3, -0.25) is 4.79 Å². The van der Waals surface area contributed by atoms with Gasteiger partial charge >= 0.3 is 0 Å². The first-order valence-corrected chi connectivity index (χ1v) is 10.8. The predicted octanol–water partition coefficient (Wildman–Crippen LogP) is 3.13. The number of amides is 1. The van der Waals surface area contributed by atoms with Crippen LogP contribution in [0, 0.1) is 5.92 Å². The van der Waals surface area contributed by atoms with Gasteiger partial charge in [0.1, 0.15) is 18.0 Å². The van der Waals surface area contributed by atoms with E-state index in [1.54, 1.807) is 17.7 Å². The summed E-state index contributed by atoms with van der Waals surface area (Å²) in [5, 5.41) is 3.89. The van der Waals surface area contributed by atoms with Crippen molar-refractivity contribution in [3.63, 3.8) is 0 Å². The molecule has 2 saturated heterocycles. The number of rotatable bonds is 3. The molecule has 0 N–H and O–H groups in total. The van der Waals surface area contributed by atoms with Gasteiger partial charge in [0.2, 0.25) is 0 Å². The number of hydrogen-bond acceptors (Lipinski definition) is 6. The molecule has 4 heterocycles. The molecule has 27 heavy (non-hydrogen) atoms. The van der Waals surface area contributed by atoms with Crippen LogP contribution in [-0.4, -0.2) is 60.0 Å². The maximum atomic E-state index is 12.6. The van der Waals surface area contributed by atoms with E-state index in [0.29, 0.717) is 5.92 Å². The molecule has 1 atom stereocenters. The van der Waals surface area contributed by atoms with Crippen LogP contribution in [0.25, 0.3) is 0 Å².